The van der Waals surface area contributed by atoms with Gasteiger partial charge in [-0.2, -0.15) is 5.26 Å². The number of nitriles is 1. The Morgan fingerprint density at radius 1 is 1.43 bits per heavy atom. The Morgan fingerprint density at radius 3 is 2.79 bits per heavy atom. The molecule has 3 rings (SSSR count). The molecule has 9 heteroatoms. The number of likely N-dealkylation sites (tertiary alicyclic amines) is 1. The second kappa shape index (κ2) is 8.75. The van der Waals surface area contributed by atoms with Crippen LogP contribution in [0.15, 0.2) is 24.3 Å². The van der Waals surface area contributed by atoms with Crippen LogP contribution in [0.25, 0.3) is 0 Å². The van der Waals surface area contributed by atoms with Gasteiger partial charge in [0.1, 0.15) is 24.0 Å². The number of hydrogen-bond donors (Lipinski definition) is 4. The Balaban J connectivity index is 1.43. The Morgan fingerprint density at radius 2 is 2.14 bits per heavy atom. The maximum absolute atomic E-state index is 12.1. The van der Waals surface area contributed by atoms with Crippen LogP contribution in [-0.2, 0) is 11.2 Å². The van der Waals surface area contributed by atoms with Crippen LogP contribution in [0, 0.1) is 11.3 Å². The molecule has 9 nitrogen and oxygen atoms in total. The third kappa shape index (κ3) is 4.91. The monoisotopic (exact) mass is 390 g/mol. The van der Waals surface area contributed by atoms with Gasteiger partial charge in [0.05, 0.1) is 13.2 Å². The van der Waals surface area contributed by atoms with Crippen molar-refractivity contribution < 1.29 is 24.5 Å². The molecule has 0 bridgehead atoms. The average molecular weight is 390 g/mol. The number of rotatable bonds is 7. The molecular formula is C19H26N4O5. The fourth-order valence-corrected chi connectivity index (χ4v) is 3.54. The number of carbonyl (C=O) groups excluding carboxylic acids is 1. The number of aliphatic hydroxyl groups is 2. The van der Waals surface area contributed by atoms with Gasteiger partial charge < -0.3 is 30.3 Å². The summed E-state index contributed by atoms with van der Waals surface area (Å²) < 4.78 is 10.6. The molecule has 2 saturated heterocycles. The first-order valence-corrected chi connectivity index (χ1v) is 9.27. The largest absolute Gasteiger partial charge is 0.497 e. The molecule has 0 aliphatic carbocycles. The number of carbonyl (C=O) groups is 1. The van der Waals surface area contributed by atoms with Crippen LogP contribution in [-0.4, -0.2) is 84.9 Å². The summed E-state index contributed by atoms with van der Waals surface area (Å²) in [6.07, 6.45) is -1.40. The zero-order valence-corrected chi connectivity index (χ0v) is 15.8. The van der Waals surface area contributed by atoms with E-state index < -0.39 is 23.9 Å². The van der Waals surface area contributed by atoms with Gasteiger partial charge in [0.15, 0.2) is 5.60 Å². The van der Waals surface area contributed by atoms with Crippen molar-refractivity contribution in [3.63, 3.8) is 0 Å². The lowest BCUT2D eigenvalue weighted by atomic mass is 9.96. The Labute approximate surface area is 163 Å². The van der Waals surface area contributed by atoms with Crippen LogP contribution in [0.3, 0.4) is 0 Å². The standard InChI is InChI=1S/C19H26N4O5/c1-27-14-4-2-13(3-5-14)8-15-17(16(24)9-22-15)28-18(25)21-6-7-23-11-19(26,10-20)12-23/h2-5,15-17,22,24,26H,6-9,11-12H2,1H3,(H,21,25)/t15-,16+,17+/m1/s1. The maximum Gasteiger partial charge on any atom is 0.407 e. The number of amides is 1. The van der Waals surface area contributed by atoms with Gasteiger partial charge in [-0.15, -0.1) is 0 Å². The highest BCUT2D eigenvalue weighted by Crippen LogP contribution is 2.20. The first-order chi connectivity index (χ1) is 13.4. The molecule has 2 heterocycles. The molecule has 4 N–H and O–H groups in total. The fraction of sp³-hybridized carbons (Fsp3) is 0.579. The van der Waals surface area contributed by atoms with E-state index in [9.17, 15) is 15.0 Å². The minimum atomic E-state index is -1.27. The normalized spacial score (nSPS) is 26.1. The molecule has 1 amide bonds. The summed E-state index contributed by atoms with van der Waals surface area (Å²) in [5.41, 5.74) is -0.224. The van der Waals surface area contributed by atoms with Gasteiger partial charge in [-0.25, -0.2) is 4.79 Å². The molecule has 2 aliphatic heterocycles. The maximum atomic E-state index is 12.1. The number of benzene rings is 1. The Bertz CT molecular complexity index is 714. The summed E-state index contributed by atoms with van der Waals surface area (Å²) >= 11 is 0. The second-order valence-corrected chi connectivity index (χ2v) is 7.29. The summed E-state index contributed by atoms with van der Waals surface area (Å²) in [4.78, 5) is 14.0. The zero-order chi connectivity index (χ0) is 20.1. The van der Waals surface area contributed by atoms with E-state index in [1.54, 1.807) is 7.11 Å². The highest BCUT2D eigenvalue weighted by atomic mass is 16.6. The van der Waals surface area contributed by atoms with E-state index in [1.807, 2.05) is 35.2 Å². The van der Waals surface area contributed by atoms with Crippen molar-refractivity contribution >= 4 is 6.09 Å². The van der Waals surface area contributed by atoms with Gasteiger partial charge in [0.2, 0.25) is 0 Å². The van der Waals surface area contributed by atoms with Crippen LogP contribution in [0.2, 0.25) is 0 Å². The fourth-order valence-electron chi connectivity index (χ4n) is 3.54. The second-order valence-electron chi connectivity index (χ2n) is 7.29. The molecular weight excluding hydrogens is 364 g/mol. The molecule has 152 valence electrons. The predicted molar refractivity (Wildman–Crippen MR) is 99.8 cm³/mol. The number of alkyl carbamates (subject to hydrolysis) is 1. The number of aliphatic hydroxyl groups excluding tert-OH is 1. The summed E-state index contributed by atoms with van der Waals surface area (Å²) in [5.74, 6) is 0.769. The average Bonchev–Trinajstić information content (AvgIpc) is 3.00. The lowest BCUT2D eigenvalue weighted by molar-refractivity contribution is -0.0536. The molecule has 0 spiro atoms. The lowest BCUT2D eigenvalue weighted by Gasteiger charge is -2.41. The lowest BCUT2D eigenvalue weighted by Crippen LogP contribution is -2.62. The number of hydrogen-bond acceptors (Lipinski definition) is 8. The van der Waals surface area contributed by atoms with Gasteiger partial charge in [-0.1, -0.05) is 12.1 Å². The minimum Gasteiger partial charge on any atom is -0.497 e. The third-order valence-electron chi connectivity index (χ3n) is 5.10. The molecule has 2 fully saturated rings. The number of ether oxygens (including phenoxy) is 2. The van der Waals surface area contributed by atoms with E-state index in [0.717, 1.165) is 11.3 Å². The van der Waals surface area contributed by atoms with E-state index >= 15 is 0 Å². The quantitative estimate of drug-likeness (QED) is 0.447. The van der Waals surface area contributed by atoms with Crippen molar-refractivity contribution in [1.82, 2.24) is 15.5 Å². The molecule has 1 aromatic carbocycles. The van der Waals surface area contributed by atoms with Crippen LogP contribution < -0.4 is 15.4 Å². The SMILES string of the molecule is COc1ccc(C[C@H]2NC[C@H](O)[C@H]2OC(=O)NCCN2CC(O)(C#N)C2)cc1. The van der Waals surface area contributed by atoms with Gasteiger partial charge in [-0.3, -0.25) is 4.90 Å². The van der Waals surface area contributed by atoms with E-state index in [1.165, 1.54) is 0 Å². The first-order valence-electron chi connectivity index (χ1n) is 9.27. The summed E-state index contributed by atoms with van der Waals surface area (Å²) in [6.45, 7) is 1.75. The van der Waals surface area contributed by atoms with Crippen molar-refractivity contribution in [2.45, 2.75) is 30.3 Å². The van der Waals surface area contributed by atoms with Crippen molar-refractivity contribution in [3.05, 3.63) is 29.8 Å². The summed E-state index contributed by atoms with van der Waals surface area (Å²) in [6, 6.07) is 9.29. The van der Waals surface area contributed by atoms with Crippen molar-refractivity contribution in [3.8, 4) is 11.8 Å². The van der Waals surface area contributed by atoms with Gasteiger partial charge in [-0.05, 0) is 24.1 Å². The van der Waals surface area contributed by atoms with Gasteiger partial charge >= 0.3 is 6.09 Å². The zero-order valence-electron chi connectivity index (χ0n) is 15.8. The summed E-state index contributed by atoms with van der Waals surface area (Å²) in [7, 11) is 1.61. The van der Waals surface area contributed by atoms with Crippen molar-refractivity contribution in [2.24, 2.45) is 0 Å². The molecule has 3 atom stereocenters. The number of nitrogens with one attached hydrogen (secondary N) is 2. The molecule has 0 aromatic heterocycles. The molecule has 0 unspecified atom stereocenters. The van der Waals surface area contributed by atoms with Crippen LogP contribution >= 0.6 is 0 Å². The topological polar surface area (TPSA) is 127 Å². The first kappa shape index (κ1) is 20.4. The number of nitrogens with zero attached hydrogens (tertiary/aromatic N) is 2. The van der Waals surface area contributed by atoms with Crippen LogP contribution in [0.1, 0.15) is 5.56 Å². The Hall–Kier alpha value is -2.38. The third-order valence-corrected chi connectivity index (χ3v) is 5.10. The van der Waals surface area contributed by atoms with Crippen molar-refractivity contribution in [1.29, 1.82) is 5.26 Å². The van der Waals surface area contributed by atoms with Gasteiger partial charge in [0, 0.05) is 32.7 Å². The molecule has 28 heavy (non-hydrogen) atoms. The smallest absolute Gasteiger partial charge is 0.407 e. The van der Waals surface area contributed by atoms with Gasteiger partial charge in [0.25, 0.3) is 0 Å². The summed E-state index contributed by atoms with van der Waals surface area (Å²) in [5, 5.41) is 34.4. The van der Waals surface area contributed by atoms with Crippen LogP contribution in [0.4, 0.5) is 4.79 Å². The van der Waals surface area contributed by atoms with Crippen LogP contribution in [0.5, 0.6) is 5.75 Å². The van der Waals surface area contributed by atoms with E-state index in [-0.39, 0.29) is 19.1 Å². The van der Waals surface area contributed by atoms with Crippen molar-refractivity contribution in [2.75, 3.05) is 39.8 Å². The van der Waals surface area contributed by atoms with E-state index in [0.29, 0.717) is 26.1 Å². The highest BCUT2D eigenvalue weighted by Gasteiger charge is 2.41. The number of methoxy groups -OCH3 is 1. The molecule has 2 aliphatic rings. The van der Waals surface area contributed by atoms with E-state index in [4.69, 9.17) is 14.7 Å². The minimum absolute atomic E-state index is 0.185. The highest BCUT2D eigenvalue weighted by molar-refractivity contribution is 5.67. The molecule has 0 radical (unpaired) electrons. The number of β-amino-alcohol motifs (C(OH)–C–C–N with tert-alkyl or cyclic N) is 2. The Kier molecular flexibility index (Phi) is 6.36. The predicted octanol–water partition coefficient (Wildman–Crippen LogP) is -0.765. The molecule has 0 saturated carbocycles. The van der Waals surface area contributed by atoms with E-state index in [2.05, 4.69) is 10.6 Å². The molecule has 1 aromatic rings.